The number of aromatic nitrogens is 1. The molecular formula is C31H55N3O4. The van der Waals surface area contributed by atoms with Gasteiger partial charge in [-0.05, 0) is 71.0 Å². The summed E-state index contributed by atoms with van der Waals surface area (Å²) in [5.41, 5.74) is 5.27. The highest BCUT2D eigenvalue weighted by Crippen LogP contribution is 2.21. The molecule has 3 N–H and O–H groups in total. The van der Waals surface area contributed by atoms with E-state index in [-0.39, 0.29) is 11.9 Å². The zero-order chi connectivity index (χ0) is 29.3. The van der Waals surface area contributed by atoms with Gasteiger partial charge < -0.3 is 29.8 Å². The van der Waals surface area contributed by atoms with Crippen molar-refractivity contribution >= 4 is 18.4 Å². The first-order chi connectivity index (χ1) is 18.5. The number of hydrogen-bond acceptors (Lipinski definition) is 6. The molecule has 0 atom stereocenters. The van der Waals surface area contributed by atoms with Crippen LogP contribution >= 0.6 is 0 Å². The van der Waals surface area contributed by atoms with Crippen LogP contribution in [0.15, 0.2) is 30.5 Å². The van der Waals surface area contributed by atoms with Crippen molar-refractivity contribution in [1.82, 2.24) is 9.47 Å². The van der Waals surface area contributed by atoms with Crippen molar-refractivity contribution in [3.8, 4) is 11.5 Å². The number of aldehydes is 1. The van der Waals surface area contributed by atoms with Gasteiger partial charge in [-0.2, -0.15) is 0 Å². The highest BCUT2D eigenvalue weighted by Gasteiger charge is 2.20. The molecule has 7 heteroatoms. The van der Waals surface area contributed by atoms with Crippen LogP contribution in [0.3, 0.4) is 0 Å². The Labute approximate surface area is 231 Å². The van der Waals surface area contributed by atoms with E-state index in [1.165, 1.54) is 13.5 Å². The Morgan fingerprint density at radius 3 is 1.97 bits per heavy atom. The molecule has 0 amide bonds. The fourth-order valence-electron chi connectivity index (χ4n) is 3.96. The van der Waals surface area contributed by atoms with Gasteiger partial charge in [0.15, 0.2) is 6.29 Å². The molecule has 38 heavy (non-hydrogen) atoms. The van der Waals surface area contributed by atoms with E-state index in [2.05, 4.69) is 39.9 Å². The molecule has 1 aliphatic heterocycles. The van der Waals surface area contributed by atoms with Crippen molar-refractivity contribution in [2.45, 2.75) is 79.9 Å². The summed E-state index contributed by atoms with van der Waals surface area (Å²) in [6, 6.07) is 6.95. The third-order valence-corrected chi connectivity index (χ3v) is 5.43. The summed E-state index contributed by atoms with van der Waals surface area (Å²) in [7, 11) is 4.75. The SMILES string of the molecule is C/C=c1/c(C=O)cn(CCCN2CCC(Oc3ccc(O)cc3)CC2)/c1=C/C.CC.CCC.CN.COC. The number of ether oxygens (including phenoxy) is 2. The van der Waals surface area contributed by atoms with Crippen LogP contribution in [-0.4, -0.2) is 67.9 Å². The second-order valence-electron chi connectivity index (χ2n) is 8.39. The van der Waals surface area contributed by atoms with Crippen LogP contribution < -0.4 is 21.0 Å². The van der Waals surface area contributed by atoms with Gasteiger partial charge in [0.25, 0.3) is 0 Å². The molecule has 1 fully saturated rings. The highest BCUT2D eigenvalue weighted by molar-refractivity contribution is 5.75. The van der Waals surface area contributed by atoms with E-state index >= 15 is 0 Å². The predicted octanol–water partition coefficient (Wildman–Crippen LogP) is 4.82. The minimum absolute atomic E-state index is 0.240. The lowest BCUT2D eigenvalue weighted by atomic mass is 10.1. The zero-order valence-corrected chi connectivity index (χ0v) is 25.5. The highest BCUT2D eigenvalue weighted by atomic mass is 16.5. The fraction of sp³-hybridized carbons (Fsp3) is 0.581. The molecule has 2 heterocycles. The summed E-state index contributed by atoms with van der Waals surface area (Å²) in [6.45, 7) is 16.3. The fourth-order valence-corrected chi connectivity index (χ4v) is 3.96. The molecule has 1 saturated heterocycles. The van der Waals surface area contributed by atoms with E-state index in [4.69, 9.17) is 4.74 Å². The first-order valence-corrected chi connectivity index (χ1v) is 13.9. The van der Waals surface area contributed by atoms with E-state index < -0.39 is 0 Å². The van der Waals surface area contributed by atoms with Crippen LogP contribution in [0.2, 0.25) is 0 Å². The number of phenolic OH excluding ortho intramolecular Hbond substituents is 1. The smallest absolute Gasteiger partial charge is 0.152 e. The number of rotatable bonds is 7. The number of carbonyl (C=O) groups is 1. The van der Waals surface area contributed by atoms with E-state index in [9.17, 15) is 9.90 Å². The van der Waals surface area contributed by atoms with Gasteiger partial charge >= 0.3 is 0 Å². The summed E-state index contributed by atoms with van der Waals surface area (Å²) in [6.07, 6.45) is 11.6. The van der Waals surface area contributed by atoms with E-state index in [0.29, 0.717) is 0 Å². The lowest BCUT2D eigenvalue weighted by molar-refractivity contribution is 0.0991. The Hall–Kier alpha value is -2.61. The van der Waals surface area contributed by atoms with Crippen LogP contribution in [0.25, 0.3) is 12.2 Å². The third kappa shape index (κ3) is 14.4. The van der Waals surface area contributed by atoms with Gasteiger partial charge in [0, 0.05) is 56.2 Å². The molecule has 2 aromatic rings. The van der Waals surface area contributed by atoms with Gasteiger partial charge in [-0.3, -0.25) is 4.79 Å². The number of aryl methyl sites for hydroxylation is 1. The molecule has 0 spiro atoms. The number of benzene rings is 1. The monoisotopic (exact) mass is 533 g/mol. The molecule has 0 radical (unpaired) electrons. The second-order valence-corrected chi connectivity index (χ2v) is 8.39. The average Bonchev–Trinajstić information content (AvgIpc) is 3.30. The zero-order valence-electron chi connectivity index (χ0n) is 25.5. The topological polar surface area (TPSA) is 90.0 Å². The molecule has 0 saturated carbocycles. The lowest BCUT2D eigenvalue weighted by Crippen LogP contribution is -2.39. The summed E-state index contributed by atoms with van der Waals surface area (Å²) < 4.78 is 12.5. The van der Waals surface area contributed by atoms with E-state index in [1.54, 1.807) is 26.4 Å². The Bertz CT molecular complexity index is 929. The van der Waals surface area contributed by atoms with Crippen molar-refractivity contribution in [1.29, 1.82) is 0 Å². The molecular weight excluding hydrogens is 478 g/mol. The number of methoxy groups -OCH3 is 1. The number of phenols is 1. The van der Waals surface area contributed by atoms with Crippen molar-refractivity contribution < 1.29 is 19.4 Å². The van der Waals surface area contributed by atoms with Crippen molar-refractivity contribution in [3.63, 3.8) is 0 Å². The molecule has 0 aliphatic carbocycles. The van der Waals surface area contributed by atoms with Gasteiger partial charge in [-0.25, -0.2) is 0 Å². The van der Waals surface area contributed by atoms with E-state index in [1.807, 2.05) is 52.1 Å². The van der Waals surface area contributed by atoms with Crippen molar-refractivity contribution in [2.75, 3.05) is 40.9 Å². The van der Waals surface area contributed by atoms with Gasteiger partial charge in [-0.15, -0.1) is 0 Å². The van der Waals surface area contributed by atoms with Crippen LogP contribution in [-0.2, 0) is 11.3 Å². The summed E-state index contributed by atoms with van der Waals surface area (Å²) >= 11 is 0. The maximum Gasteiger partial charge on any atom is 0.152 e. The van der Waals surface area contributed by atoms with Gasteiger partial charge in [0.1, 0.15) is 17.6 Å². The maximum atomic E-state index is 11.3. The van der Waals surface area contributed by atoms with Gasteiger partial charge in [-0.1, -0.05) is 46.3 Å². The van der Waals surface area contributed by atoms with E-state index in [0.717, 1.165) is 73.6 Å². The normalized spacial score (nSPS) is 13.9. The molecule has 0 unspecified atom stereocenters. The number of likely N-dealkylation sites (tertiary alicyclic amines) is 1. The average molecular weight is 534 g/mol. The number of aromatic hydroxyl groups is 1. The van der Waals surface area contributed by atoms with Gasteiger partial charge in [0.2, 0.25) is 0 Å². The standard InChI is InChI=1S/C23H30N2O3.C3H8.C2H6O.C2H6.CH5N/c1-3-22-18(17-26)16-25(23(22)4-2)13-5-12-24-14-10-21(11-15-24)28-20-8-6-19(27)7-9-20;2*1-3-2;2*1-2/h3-4,6-9,16-17,21,27H,5,10-15H2,1-2H3;3H2,1-2H3;1-2H3;1-2H3;2H2,1H3/b22-3-,23-4+;;;;. The van der Waals surface area contributed by atoms with Crippen molar-refractivity contribution in [3.05, 3.63) is 46.6 Å². The predicted molar refractivity (Wildman–Crippen MR) is 163 cm³/mol. The summed E-state index contributed by atoms with van der Waals surface area (Å²) in [4.78, 5) is 13.8. The largest absolute Gasteiger partial charge is 0.508 e. The third-order valence-electron chi connectivity index (χ3n) is 5.43. The van der Waals surface area contributed by atoms with Crippen LogP contribution in [0.4, 0.5) is 0 Å². The molecule has 3 rings (SSSR count). The quantitative estimate of drug-likeness (QED) is 0.496. The number of carbonyl (C=O) groups excluding carboxylic acids is 1. The van der Waals surface area contributed by atoms with Crippen molar-refractivity contribution in [2.24, 2.45) is 5.73 Å². The number of nitrogens with two attached hydrogens (primary N) is 1. The summed E-state index contributed by atoms with van der Waals surface area (Å²) in [5, 5.41) is 11.5. The van der Waals surface area contributed by atoms with Gasteiger partial charge in [0.05, 0.1) is 0 Å². The first kappa shape index (κ1) is 37.5. The van der Waals surface area contributed by atoms with Crippen LogP contribution in [0, 0.1) is 0 Å². The van der Waals surface area contributed by atoms with Crippen LogP contribution in [0.1, 0.15) is 77.6 Å². The Morgan fingerprint density at radius 2 is 1.53 bits per heavy atom. The minimum Gasteiger partial charge on any atom is -0.508 e. The molecule has 1 aromatic heterocycles. The number of piperidine rings is 1. The summed E-state index contributed by atoms with van der Waals surface area (Å²) in [5.74, 6) is 1.08. The Balaban J connectivity index is 0. The second kappa shape index (κ2) is 24.7. The lowest BCUT2D eigenvalue weighted by Gasteiger charge is -2.32. The minimum atomic E-state index is 0.240. The molecule has 218 valence electrons. The Kier molecular flexibility index (Phi) is 24.4. The van der Waals surface area contributed by atoms with Crippen LogP contribution in [0.5, 0.6) is 11.5 Å². The maximum absolute atomic E-state index is 11.3. The molecule has 0 bridgehead atoms. The Morgan fingerprint density at radius 1 is 1.00 bits per heavy atom. The number of nitrogens with zero attached hydrogens (tertiary/aromatic N) is 2. The molecule has 1 aliphatic rings. The molecule has 7 nitrogen and oxygen atoms in total. The number of hydrogen-bond donors (Lipinski definition) is 2. The molecule has 1 aromatic carbocycles. The first-order valence-electron chi connectivity index (χ1n) is 13.9.